The van der Waals surface area contributed by atoms with E-state index in [1.54, 1.807) is 28.4 Å². The van der Waals surface area contributed by atoms with Gasteiger partial charge in [-0.1, -0.05) is 6.07 Å². The molecule has 2 aromatic rings. The molecule has 0 fully saturated rings. The van der Waals surface area contributed by atoms with E-state index in [-0.39, 0.29) is 5.92 Å². The van der Waals surface area contributed by atoms with Crippen LogP contribution < -0.4 is 24.3 Å². The van der Waals surface area contributed by atoms with Crippen molar-refractivity contribution >= 4 is 0 Å². The topological polar surface area (TPSA) is 53.5 Å². The van der Waals surface area contributed by atoms with Gasteiger partial charge in [-0.3, -0.25) is 0 Å². The van der Waals surface area contributed by atoms with Crippen molar-refractivity contribution in [1.29, 1.82) is 0 Å². The minimum Gasteiger partial charge on any atom is -0.493 e. The summed E-state index contributed by atoms with van der Waals surface area (Å²) in [6, 6.07) is 10.3. The molecule has 1 atom stereocenters. The van der Waals surface area contributed by atoms with Gasteiger partial charge in [0.1, 0.15) is 6.54 Å². The Bertz CT molecular complexity index is 730. The van der Waals surface area contributed by atoms with Crippen LogP contribution in [0.15, 0.2) is 30.3 Å². The Kier molecular flexibility index (Phi) is 4.81. The summed E-state index contributed by atoms with van der Waals surface area (Å²) in [5.74, 6) is 3.31. The van der Waals surface area contributed by atoms with E-state index in [0.717, 1.165) is 36.1 Å². The second kappa shape index (κ2) is 7.01. The van der Waals surface area contributed by atoms with Gasteiger partial charge in [-0.2, -0.15) is 0 Å². The Balaban J connectivity index is 2.06. The Morgan fingerprint density at radius 1 is 0.792 bits per heavy atom. The van der Waals surface area contributed by atoms with E-state index >= 15 is 0 Å². The number of benzene rings is 2. The molecular formula is C19H24NO4+. The monoisotopic (exact) mass is 330 g/mol. The van der Waals surface area contributed by atoms with Gasteiger partial charge in [-0.25, -0.2) is 0 Å². The van der Waals surface area contributed by atoms with Crippen molar-refractivity contribution in [2.24, 2.45) is 0 Å². The predicted octanol–water partition coefficient (Wildman–Crippen LogP) is 1.93. The Morgan fingerprint density at radius 3 is 2.08 bits per heavy atom. The lowest BCUT2D eigenvalue weighted by Gasteiger charge is -2.26. The van der Waals surface area contributed by atoms with E-state index in [4.69, 9.17) is 18.9 Å². The maximum atomic E-state index is 5.49. The van der Waals surface area contributed by atoms with Crippen molar-refractivity contribution in [2.45, 2.75) is 12.5 Å². The summed E-state index contributed by atoms with van der Waals surface area (Å²) in [5.41, 5.74) is 3.76. The van der Waals surface area contributed by atoms with Gasteiger partial charge in [0, 0.05) is 5.56 Å². The molecule has 1 aliphatic heterocycles. The standard InChI is InChI=1S/C19H23NO4/c1-21-16-6-5-12(7-17(16)22-2)15-11-20-10-13-8-18(23-3)19(24-4)9-14(13)15/h5-9,15,20H,10-11H2,1-4H3/p+1/t15-/m0/s1. The molecule has 2 aromatic carbocycles. The molecule has 0 bridgehead atoms. The molecule has 1 heterocycles. The number of hydrogen-bond donors (Lipinski definition) is 1. The van der Waals surface area contributed by atoms with Crippen molar-refractivity contribution in [2.75, 3.05) is 35.0 Å². The van der Waals surface area contributed by atoms with E-state index in [0.29, 0.717) is 0 Å². The van der Waals surface area contributed by atoms with E-state index in [1.165, 1.54) is 16.7 Å². The third kappa shape index (κ3) is 2.87. The van der Waals surface area contributed by atoms with Crippen LogP contribution in [0, 0.1) is 0 Å². The summed E-state index contributed by atoms with van der Waals surface area (Å²) < 4.78 is 21.7. The highest BCUT2D eigenvalue weighted by Crippen LogP contribution is 2.39. The molecule has 0 spiro atoms. The fourth-order valence-electron chi connectivity index (χ4n) is 3.36. The van der Waals surface area contributed by atoms with Crippen LogP contribution in [0.3, 0.4) is 0 Å². The highest BCUT2D eigenvalue weighted by molar-refractivity contribution is 5.53. The maximum absolute atomic E-state index is 5.49. The normalized spacial score (nSPS) is 16.2. The van der Waals surface area contributed by atoms with Crippen LogP contribution in [0.1, 0.15) is 22.6 Å². The van der Waals surface area contributed by atoms with E-state index < -0.39 is 0 Å². The Labute approximate surface area is 142 Å². The molecule has 0 amide bonds. The zero-order valence-corrected chi connectivity index (χ0v) is 14.6. The van der Waals surface area contributed by atoms with Crippen LogP contribution in [0.4, 0.5) is 0 Å². The summed E-state index contributed by atoms with van der Waals surface area (Å²) in [6.07, 6.45) is 0. The highest BCUT2D eigenvalue weighted by Gasteiger charge is 2.27. The second-order valence-electron chi connectivity index (χ2n) is 5.80. The average Bonchev–Trinajstić information content (AvgIpc) is 2.65. The summed E-state index contributed by atoms with van der Waals surface area (Å²) >= 11 is 0. The first-order valence-corrected chi connectivity index (χ1v) is 8.00. The Hall–Kier alpha value is -2.40. The summed E-state index contributed by atoms with van der Waals surface area (Å²) in [7, 11) is 6.65. The lowest BCUT2D eigenvalue weighted by Crippen LogP contribution is -2.85. The minimum absolute atomic E-state index is 0.272. The van der Waals surface area contributed by atoms with Gasteiger partial charge in [0.25, 0.3) is 0 Å². The molecule has 128 valence electrons. The number of fused-ring (bicyclic) bond motifs is 1. The van der Waals surface area contributed by atoms with Crippen molar-refractivity contribution in [3.05, 3.63) is 47.0 Å². The largest absolute Gasteiger partial charge is 0.493 e. The highest BCUT2D eigenvalue weighted by atomic mass is 16.5. The number of quaternary nitrogens is 1. The zero-order valence-electron chi connectivity index (χ0n) is 14.6. The van der Waals surface area contributed by atoms with E-state index in [1.807, 2.05) is 6.07 Å². The van der Waals surface area contributed by atoms with Crippen LogP contribution in [0.25, 0.3) is 0 Å². The molecule has 0 saturated heterocycles. The van der Waals surface area contributed by atoms with Gasteiger partial charge in [0.2, 0.25) is 0 Å². The third-order valence-electron chi connectivity index (χ3n) is 4.60. The number of methoxy groups -OCH3 is 4. The van der Waals surface area contributed by atoms with E-state index in [9.17, 15) is 0 Å². The van der Waals surface area contributed by atoms with Crippen molar-refractivity contribution in [3.8, 4) is 23.0 Å². The molecule has 0 unspecified atom stereocenters. The SMILES string of the molecule is COc1ccc([C@@H]2C[NH2+]Cc3cc(OC)c(OC)cc32)cc1OC. The molecule has 0 aliphatic carbocycles. The number of ether oxygens (including phenoxy) is 4. The summed E-state index contributed by atoms with van der Waals surface area (Å²) in [6.45, 7) is 1.93. The first-order chi connectivity index (χ1) is 11.7. The molecule has 5 nitrogen and oxygen atoms in total. The van der Waals surface area contributed by atoms with Crippen LogP contribution >= 0.6 is 0 Å². The smallest absolute Gasteiger partial charge is 0.161 e. The third-order valence-corrected chi connectivity index (χ3v) is 4.60. The molecule has 0 radical (unpaired) electrons. The minimum atomic E-state index is 0.272. The van der Waals surface area contributed by atoms with Gasteiger partial charge in [0.05, 0.1) is 40.9 Å². The van der Waals surface area contributed by atoms with Gasteiger partial charge >= 0.3 is 0 Å². The summed E-state index contributed by atoms with van der Waals surface area (Å²) in [4.78, 5) is 0. The van der Waals surface area contributed by atoms with Crippen LogP contribution in [-0.2, 0) is 6.54 Å². The van der Waals surface area contributed by atoms with Gasteiger partial charge in [-0.05, 0) is 35.4 Å². The molecule has 3 rings (SSSR count). The number of rotatable bonds is 5. The number of hydrogen-bond acceptors (Lipinski definition) is 4. The molecule has 0 saturated carbocycles. The average molecular weight is 330 g/mol. The Morgan fingerprint density at radius 2 is 1.42 bits per heavy atom. The van der Waals surface area contributed by atoms with E-state index in [2.05, 4.69) is 29.6 Å². The zero-order chi connectivity index (χ0) is 17.1. The van der Waals surface area contributed by atoms with Crippen LogP contribution in [0.5, 0.6) is 23.0 Å². The van der Waals surface area contributed by atoms with Crippen LogP contribution in [-0.4, -0.2) is 35.0 Å². The van der Waals surface area contributed by atoms with Gasteiger partial charge in [-0.15, -0.1) is 0 Å². The first kappa shape index (κ1) is 16.5. The quantitative estimate of drug-likeness (QED) is 0.910. The van der Waals surface area contributed by atoms with Crippen molar-refractivity contribution in [1.82, 2.24) is 0 Å². The molecule has 2 N–H and O–H groups in total. The van der Waals surface area contributed by atoms with Crippen molar-refractivity contribution < 1.29 is 24.3 Å². The predicted molar refractivity (Wildman–Crippen MR) is 91.4 cm³/mol. The first-order valence-electron chi connectivity index (χ1n) is 8.00. The maximum Gasteiger partial charge on any atom is 0.161 e. The molecular weight excluding hydrogens is 306 g/mol. The molecule has 1 aliphatic rings. The summed E-state index contributed by atoms with van der Waals surface area (Å²) in [5, 5.41) is 2.32. The van der Waals surface area contributed by atoms with Crippen LogP contribution in [0.2, 0.25) is 0 Å². The fourth-order valence-corrected chi connectivity index (χ4v) is 3.36. The molecule has 5 heteroatoms. The number of nitrogens with two attached hydrogens (primary N) is 1. The van der Waals surface area contributed by atoms with Gasteiger partial charge < -0.3 is 24.3 Å². The lowest BCUT2D eigenvalue weighted by atomic mass is 9.85. The fraction of sp³-hybridized carbons (Fsp3) is 0.368. The lowest BCUT2D eigenvalue weighted by molar-refractivity contribution is -0.675. The van der Waals surface area contributed by atoms with Gasteiger partial charge in [0.15, 0.2) is 23.0 Å². The second-order valence-corrected chi connectivity index (χ2v) is 5.80. The molecule has 24 heavy (non-hydrogen) atoms. The van der Waals surface area contributed by atoms with Crippen molar-refractivity contribution in [3.63, 3.8) is 0 Å². The molecule has 0 aromatic heterocycles.